The van der Waals surface area contributed by atoms with E-state index in [4.69, 9.17) is 5.73 Å². The zero-order valence-corrected chi connectivity index (χ0v) is 12.0. The van der Waals surface area contributed by atoms with Crippen LogP contribution in [-0.2, 0) is 14.8 Å². The lowest BCUT2D eigenvalue weighted by molar-refractivity contribution is -0.118. The van der Waals surface area contributed by atoms with Crippen molar-refractivity contribution < 1.29 is 13.2 Å². The fraction of sp³-hybridized carbons (Fsp3) is 0.545. The molecule has 1 aliphatic heterocycles. The molecule has 0 spiro atoms. The van der Waals surface area contributed by atoms with Crippen molar-refractivity contribution in [3.05, 3.63) is 17.5 Å². The van der Waals surface area contributed by atoms with Crippen molar-refractivity contribution in [3.8, 4) is 0 Å². The summed E-state index contributed by atoms with van der Waals surface area (Å²) in [6.45, 7) is 1.24. The average Bonchev–Trinajstić information content (AvgIpc) is 2.91. The molecule has 0 unspecified atom stereocenters. The predicted octanol–water partition coefficient (Wildman–Crippen LogP) is -0.0239. The van der Waals surface area contributed by atoms with Gasteiger partial charge in [0.15, 0.2) is 0 Å². The summed E-state index contributed by atoms with van der Waals surface area (Å²) in [5.74, 6) is -0.626. The van der Waals surface area contributed by atoms with Crippen LogP contribution in [-0.4, -0.2) is 44.3 Å². The van der Waals surface area contributed by atoms with Crippen LogP contribution in [0.1, 0.15) is 12.8 Å². The van der Waals surface area contributed by atoms with Crippen molar-refractivity contribution in [1.82, 2.24) is 9.62 Å². The fourth-order valence-corrected chi connectivity index (χ4v) is 4.96. The summed E-state index contributed by atoms with van der Waals surface area (Å²) < 4.78 is 26.6. The first-order chi connectivity index (χ1) is 9.01. The van der Waals surface area contributed by atoms with Crippen LogP contribution in [0.3, 0.4) is 0 Å². The van der Waals surface area contributed by atoms with Gasteiger partial charge in [-0.3, -0.25) is 4.79 Å². The molecule has 3 N–H and O–H groups in total. The summed E-state index contributed by atoms with van der Waals surface area (Å²) in [5.41, 5.74) is 5.19. The molecule has 1 aliphatic rings. The van der Waals surface area contributed by atoms with Gasteiger partial charge in [0.05, 0.1) is 6.54 Å². The second-order valence-corrected chi connectivity index (χ2v) is 7.49. The van der Waals surface area contributed by atoms with Crippen LogP contribution in [0, 0.1) is 0 Å². The Bertz CT molecular complexity index is 521. The predicted molar refractivity (Wildman–Crippen MR) is 73.3 cm³/mol. The van der Waals surface area contributed by atoms with Gasteiger partial charge < -0.3 is 11.1 Å². The van der Waals surface area contributed by atoms with Crippen molar-refractivity contribution in [1.29, 1.82) is 0 Å². The molecule has 1 aromatic rings. The highest BCUT2D eigenvalue weighted by molar-refractivity contribution is 7.91. The number of piperidine rings is 1. The average molecular weight is 303 g/mol. The second kappa shape index (κ2) is 6.00. The molecule has 0 bridgehead atoms. The minimum Gasteiger partial charge on any atom is -0.369 e. The van der Waals surface area contributed by atoms with E-state index in [9.17, 15) is 13.2 Å². The molecule has 106 valence electrons. The summed E-state index contributed by atoms with van der Waals surface area (Å²) in [7, 11) is -3.63. The number of carbonyl (C=O) groups is 1. The molecule has 0 aromatic carbocycles. The summed E-state index contributed by atoms with van der Waals surface area (Å²) in [4.78, 5) is 11.2. The third kappa shape index (κ3) is 3.33. The molecule has 1 fully saturated rings. The van der Waals surface area contributed by atoms with Gasteiger partial charge in [0, 0.05) is 6.04 Å². The number of nitrogens with zero attached hydrogens (tertiary/aromatic N) is 1. The lowest BCUT2D eigenvalue weighted by Gasteiger charge is -2.32. The highest BCUT2D eigenvalue weighted by Crippen LogP contribution is 2.25. The number of sulfonamides is 1. The maximum Gasteiger partial charge on any atom is 0.253 e. The molecular formula is C11H17N3O3S2. The SMILES string of the molecule is NC(=O)CN(C1CCNCC1)S(=O)(=O)c1cccs1. The minimum atomic E-state index is -3.63. The molecule has 19 heavy (non-hydrogen) atoms. The Morgan fingerprint density at radius 1 is 1.47 bits per heavy atom. The number of hydrogen-bond acceptors (Lipinski definition) is 5. The first-order valence-electron chi connectivity index (χ1n) is 6.06. The van der Waals surface area contributed by atoms with E-state index >= 15 is 0 Å². The van der Waals surface area contributed by atoms with E-state index in [0.29, 0.717) is 12.8 Å². The molecule has 1 amide bonds. The quantitative estimate of drug-likeness (QED) is 0.799. The van der Waals surface area contributed by atoms with Gasteiger partial charge in [-0.15, -0.1) is 11.3 Å². The van der Waals surface area contributed by atoms with Gasteiger partial charge in [-0.25, -0.2) is 8.42 Å². The van der Waals surface area contributed by atoms with Crippen LogP contribution < -0.4 is 11.1 Å². The van der Waals surface area contributed by atoms with Gasteiger partial charge in [-0.2, -0.15) is 4.31 Å². The molecule has 2 heterocycles. The first kappa shape index (κ1) is 14.4. The molecule has 6 nitrogen and oxygen atoms in total. The molecule has 1 saturated heterocycles. The van der Waals surface area contributed by atoms with E-state index in [1.54, 1.807) is 17.5 Å². The molecule has 1 aromatic heterocycles. The largest absolute Gasteiger partial charge is 0.369 e. The van der Waals surface area contributed by atoms with Crippen LogP contribution >= 0.6 is 11.3 Å². The number of rotatable bonds is 5. The van der Waals surface area contributed by atoms with Crippen molar-refractivity contribution in [2.45, 2.75) is 23.1 Å². The third-order valence-electron chi connectivity index (χ3n) is 3.09. The Kier molecular flexibility index (Phi) is 4.56. The van der Waals surface area contributed by atoms with E-state index in [1.807, 2.05) is 0 Å². The second-order valence-electron chi connectivity index (χ2n) is 4.43. The molecule has 0 atom stereocenters. The number of primary amides is 1. The third-order valence-corrected chi connectivity index (χ3v) is 6.36. The molecule has 0 radical (unpaired) electrons. The highest BCUT2D eigenvalue weighted by Gasteiger charge is 2.33. The van der Waals surface area contributed by atoms with Crippen LogP contribution in [0.2, 0.25) is 0 Å². The van der Waals surface area contributed by atoms with E-state index in [0.717, 1.165) is 24.4 Å². The van der Waals surface area contributed by atoms with Crippen LogP contribution in [0.4, 0.5) is 0 Å². The lowest BCUT2D eigenvalue weighted by Crippen LogP contribution is -2.49. The summed E-state index contributed by atoms with van der Waals surface area (Å²) >= 11 is 1.15. The zero-order valence-electron chi connectivity index (χ0n) is 10.4. The van der Waals surface area contributed by atoms with Crippen LogP contribution in [0.15, 0.2) is 21.7 Å². The van der Waals surface area contributed by atoms with Crippen molar-refractivity contribution in [2.24, 2.45) is 5.73 Å². The number of carbonyl (C=O) groups excluding carboxylic acids is 1. The standard InChI is InChI=1S/C11H17N3O3S2/c12-10(15)8-14(9-3-5-13-6-4-9)19(16,17)11-2-1-7-18-11/h1-2,7,9,13H,3-6,8H2,(H2,12,15). The monoisotopic (exact) mass is 303 g/mol. The van der Waals surface area contributed by atoms with Crippen molar-refractivity contribution in [3.63, 3.8) is 0 Å². The van der Waals surface area contributed by atoms with Gasteiger partial charge in [0.1, 0.15) is 4.21 Å². The molecule has 0 saturated carbocycles. The molecular weight excluding hydrogens is 286 g/mol. The molecule has 2 rings (SSSR count). The van der Waals surface area contributed by atoms with Crippen LogP contribution in [0.5, 0.6) is 0 Å². The number of amides is 1. The normalized spacial score (nSPS) is 17.7. The zero-order chi connectivity index (χ0) is 13.9. The van der Waals surface area contributed by atoms with Crippen molar-refractivity contribution in [2.75, 3.05) is 19.6 Å². The van der Waals surface area contributed by atoms with E-state index in [-0.39, 0.29) is 16.8 Å². The Morgan fingerprint density at radius 2 is 2.16 bits per heavy atom. The lowest BCUT2D eigenvalue weighted by atomic mass is 10.1. The van der Waals surface area contributed by atoms with Gasteiger partial charge in [0.25, 0.3) is 10.0 Å². The Labute approximate surface area is 116 Å². The Balaban J connectivity index is 2.28. The Morgan fingerprint density at radius 3 is 2.68 bits per heavy atom. The molecule has 8 heteroatoms. The van der Waals surface area contributed by atoms with E-state index in [1.165, 1.54) is 4.31 Å². The molecule has 0 aliphatic carbocycles. The fourth-order valence-electron chi connectivity index (χ4n) is 2.18. The van der Waals surface area contributed by atoms with Gasteiger partial charge in [-0.1, -0.05) is 6.07 Å². The number of nitrogens with one attached hydrogen (secondary N) is 1. The summed E-state index contributed by atoms with van der Waals surface area (Å²) in [6.07, 6.45) is 1.38. The first-order valence-corrected chi connectivity index (χ1v) is 8.38. The number of hydrogen-bond donors (Lipinski definition) is 2. The van der Waals surface area contributed by atoms with Gasteiger partial charge >= 0.3 is 0 Å². The van der Waals surface area contributed by atoms with Gasteiger partial charge in [0.2, 0.25) is 5.91 Å². The van der Waals surface area contributed by atoms with E-state index in [2.05, 4.69) is 5.32 Å². The maximum atomic E-state index is 12.5. The topological polar surface area (TPSA) is 92.5 Å². The Hall–Kier alpha value is -0.960. The van der Waals surface area contributed by atoms with Gasteiger partial charge in [-0.05, 0) is 37.4 Å². The number of thiophene rings is 1. The van der Waals surface area contributed by atoms with Crippen molar-refractivity contribution >= 4 is 27.3 Å². The highest BCUT2D eigenvalue weighted by atomic mass is 32.2. The van der Waals surface area contributed by atoms with E-state index < -0.39 is 15.9 Å². The summed E-state index contributed by atoms with van der Waals surface area (Å²) in [5, 5.41) is 4.88. The summed E-state index contributed by atoms with van der Waals surface area (Å²) in [6, 6.07) is 3.07. The smallest absolute Gasteiger partial charge is 0.253 e. The maximum absolute atomic E-state index is 12.5. The number of nitrogens with two attached hydrogens (primary N) is 1. The minimum absolute atomic E-state index is 0.166. The van der Waals surface area contributed by atoms with Crippen LogP contribution in [0.25, 0.3) is 0 Å².